The summed E-state index contributed by atoms with van der Waals surface area (Å²) in [6.07, 6.45) is 2.29. The third-order valence-corrected chi connectivity index (χ3v) is 4.79. The minimum atomic E-state index is 0.572. The first-order chi connectivity index (χ1) is 9.76. The van der Waals surface area contributed by atoms with Crippen molar-refractivity contribution < 1.29 is 0 Å². The Morgan fingerprint density at radius 2 is 1.90 bits per heavy atom. The minimum absolute atomic E-state index is 0.572. The Labute approximate surface area is 122 Å². The summed E-state index contributed by atoms with van der Waals surface area (Å²) in [5, 5.41) is 10.7. The molecule has 1 saturated heterocycles. The Balaban J connectivity index is 1.63. The van der Waals surface area contributed by atoms with Gasteiger partial charge in [0.1, 0.15) is 10.0 Å². The molecule has 0 saturated carbocycles. The summed E-state index contributed by atoms with van der Waals surface area (Å²) in [6.45, 7) is 4.15. The summed E-state index contributed by atoms with van der Waals surface area (Å²) in [6, 6.07) is 8.25. The molecule has 0 radical (unpaired) electrons. The van der Waals surface area contributed by atoms with Crippen LogP contribution in [0.1, 0.15) is 28.8 Å². The average molecular weight is 289 g/mol. The molecule has 1 aromatic carbocycles. The van der Waals surface area contributed by atoms with E-state index >= 15 is 0 Å². The first-order valence-corrected chi connectivity index (χ1v) is 7.69. The van der Waals surface area contributed by atoms with Gasteiger partial charge in [-0.25, -0.2) is 0 Å². The normalized spacial score (nSPS) is 16.4. The van der Waals surface area contributed by atoms with Gasteiger partial charge >= 0.3 is 0 Å². The number of hydrogen-bond donors (Lipinski definition) is 2. The van der Waals surface area contributed by atoms with Crippen LogP contribution in [-0.4, -0.2) is 23.3 Å². The number of aromatic nitrogens is 2. The quantitative estimate of drug-likeness (QED) is 0.671. The molecule has 1 aliphatic rings. The van der Waals surface area contributed by atoms with Crippen LogP contribution in [0, 0.1) is 6.92 Å². The van der Waals surface area contributed by atoms with Crippen molar-refractivity contribution in [1.82, 2.24) is 10.2 Å². The van der Waals surface area contributed by atoms with Crippen molar-refractivity contribution in [3.8, 4) is 0 Å². The maximum Gasteiger partial charge on any atom is 0.120 e. The van der Waals surface area contributed by atoms with Crippen LogP contribution in [0.5, 0.6) is 0 Å². The molecule has 1 fully saturated rings. The number of rotatable bonds is 3. The number of benzene rings is 1. The monoisotopic (exact) mass is 289 g/mol. The molecular formula is C14H19N5S. The molecule has 5 nitrogen and oxygen atoms in total. The lowest BCUT2D eigenvalue weighted by molar-refractivity contribution is 0.501. The van der Waals surface area contributed by atoms with E-state index in [1.54, 1.807) is 11.3 Å². The number of nitrogen functional groups attached to an aromatic ring is 1. The van der Waals surface area contributed by atoms with Crippen LogP contribution in [0.2, 0.25) is 0 Å². The first-order valence-electron chi connectivity index (χ1n) is 6.88. The summed E-state index contributed by atoms with van der Waals surface area (Å²) in [5.74, 6) is 5.96. The van der Waals surface area contributed by atoms with Crippen molar-refractivity contribution >= 4 is 22.7 Å². The Kier molecular flexibility index (Phi) is 3.84. The van der Waals surface area contributed by atoms with Gasteiger partial charge in [-0.05, 0) is 44.0 Å². The highest BCUT2D eigenvalue weighted by atomic mass is 32.1. The van der Waals surface area contributed by atoms with Crippen molar-refractivity contribution in [1.29, 1.82) is 0 Å². The molecule has 1 aromatic heterocycles. The van der Waals surface area contributed by atoms with Crippen LogP contribution in [0.3, 0.4) is 0 Å². The van der Waals surface area contributed by atoms with E-state index in [1.807, 2.05) is 19.1 Å². The molecule has 1 aliphatic heterocycles. The SMILES string of the molecule is Cc1nnc(C2CCN(c3ccc(NN)cc3)CC2)s1. The molecule has 6 heteroatoms. The van der Waals surface area contributed by atoms with E-state index in [0.29, 0.717) is 5.92 Å². The maximum atomic E-state index is 5.39. The second kappa shape index (κ2) is 5.76. The van der Waals surface area contributed by atoms with E-state index < -0.39 is 0 Å². The molecule has 3 N–H and O–H groups in total. The van der Waals surface area contributed by atoms with Gasteiger partial charge in [0.2, 0.25) is 0 Å². The van der Waals surface area contributed by atoms with Crippen molar-refractivity contribution in [2.75, 3.05) is 23.4 Å². The number of hydrazine groups is 1. The molecule has 20 heavy (non-hydrogen) atoms. The predicted octanol–water partition coefficient (Wildman–Crippen LogP) is 2.52. The smallest absolute Gasteiger partial charge is 0.120 e. The second-order valence-corrected chi connectivity index (χ2v) is 6.33. The zero-order valence-corrected chi connectivity index (χ0v) is 12.4. The molecule has 0 bridgehead atoms. The molecule has 0 atom stereocenters. The van der Waals surface area contributed by atoms with Gasteiger partial charge in [0.15, 0.2) is 0 Å². The zero-order chi connectivity index (χ0) is 13.9. The molecule has 2 heterocycles. The lowest BCUT2D eigenvalue weighted by Gasteiger charge is -2.32. The fourth-order valence-corrected chi connectivity index (χ4v) is 3.50. The second-order valence-electron chi connectivity index (χ2n) is 5.11. The van der Waals surface area contributed by atoms with Gasteiger partial charge in [-0.3, -0.25) is 5.84 Å². The van der Waals surface area contributed by atoms with Crippen molar-refractivity contribution in [2.45, 2.75) is 25.7 Å². The highest BCUT2D eigenvalue weighted by Crippen LogP contribution is 2.32. The van der Waals surface area contributed by atoms with E-state index in [0.717, 1.165) is 36.6 Å². The summed E-state index contributed by atoms with van der Waals surface area (Å²) >= 11 is 1.73. The highest BCUT2D eigenvalue weighted by Gasteiger charge is 2.23. The number of nitrogens with two attached hydrogens (primary N) is 1. The third kappa shape index (κ3) is 2.76. The number of aryl methyl sites for hydroxylation is 1. The van der Waals surface area contributed by atoms with Crippen LogP contribution in [0.4, 0.5) is 11.4 Å². The van der Waals surface area contributed by atoms with E-state index in [4.69, 9.17) is 5.84 Å². The first kappa shape index (κ1) is 13.3. The van der Waals surface area contributed by atoms with Crippen LogP contribution >= 0.6 is 11.3 Å². The van der Waals surface area contributed by atoms with Crippen molar-refractivity contribution in [3.63, 3.8) is 0 Å². The molecule has 0 unspecified atom stereocenters. The topological polar surface area (TPSA) is 67.1 Å². The highest BCUT2D eigenvalue weighted by molar-refractivity contribution is 7.11. The molecule has 0 spiro atoms. The number of hydrogen-bond acceptors (Lipinski definition) is 6. The number of piperidine rings is 1. The molecule has 3 rings (SSSR count). The summed E-state index contributed by atoms with van der Waals surface area (Å²) in [5.41, 5.74) is 4.85. The summed E-state index contributed by atoms with van der Waals surface area (Å²) in [4.78, 5) is 2.42. The third-order valence-electron chi connectivity index (χ3n) is 3.78. The Morgan fingerprint density at radius 3 is 2.45 bits per heavy atom. The van der Waals surface area contributed by atoms with E-state index in [1.165, 1.54) is 10.7 Å². The van der Waals surface area contributed by atoms with Gasteiger partial charge in [-0.15, -0.1) is 21.5 Å². The zero-order valence-electron chi connectivity index (χ0n) is 11.5. The molecule has 0 amide bonds. The van der Waals surface area contributed by atoms with Crippen molar-refractivity contribution in [3.05, 3.63) is 34.3 Å². The lowest BCUT2D eigenvalue weighted by Crippen LogP contribution is -2.32. The van der Waals surface area contributed by atoms with Crippen LogP contribution in [0.25, 0.3) is 0 Å². The molecule has 106 valence electrons. The fraction of sp³-hybridized carbons (Fsp3) is 0.429. The van der Waals surface area contributed by atoms with Gasteiger partial charge < -0.3 is 10.3 Å². The van der Waals surface area contributed by atoms with E-state index in [-0.39, 0.29) is 0 Å². The van der Waals surface area contributed by atoms with Gasteiger partial charge in [0.25, 0.3) is 0 Å². The number of nitrogens with one attached hydrogen (secondary N) is 1. The minimum Gasteiger partial charge on any atom is -0.371 e. The number of anilines is 2. The van der Waals surface area contributed by atoms with Gasteiger partial charge in [0, 0.05) is 30.4 Å². The number of nitrogens with zero attached hydrogens (tertiary/aromatic N) is 3. The van der Waals surface area contributed by atoms with Gasteiger partial charge in [-0.1, -0.05) is 0 Å². The van der Waals surface area contributed by atoms with Crippen LogP contribution in [0.15, 0.2) is 24.3 Å². The van der Waals surface area contributed by atoms with Gasteiger partial charge in [-0.2, -0.15) is 0 Å². The fourth-order valence-electron chi connectivity index (χ4n) is 2.63. The predicted molar refractivity (Wildman–Crippen MR) is 83.1 cm³/mol. The van der Waals surface area contributed by atoms with Crippen LogP contribution < -0.4 is 16.2 Å². The average Bonchev–Trinajstić information content (AvgIpc) is 2.94. The van der Waals surface area contributed by atoms with E-state index in [9.17, 15) is 0 Å². The molecular weight excluding hydrogens is 270 g/mol. The largest absolute Gasteiger partial charge is 0.371 e. The Bertz CT molecular complexity index is 557. The van der Waals surface area contributed by atoms with Gasteiger partial charge in [0.05, 0.1) is 0 Å². The Hall–Kier alpha value is -1.66. The maximum absolute atomic E-state index is 5.39. The standard InChI is InChI=1S/C14H19N5S/c1-10-17-18-14(20-10)11-6-8-19(9-7-11)13-4-2-12(16-15)3-5-13/h2-5,11,16H,6-9,15H2,1H3. The van der Waals surface area contributed by atoms with E-state index in [2.05, 4.69) is 32.7 Å². The lowest BCUT2D eigenvalue weighted by atomic mass is 9.97. The van der Waals surface area contributed by atoms with Crippen molar-refractivity contribution in [2.24, 2.45) is 5.84 Å². The van der Waals surface area contributed by atoms with Crippen LogP contribution in [-0.2, 0) is 0 Å². The summed E-state index contributed by atoms with van der Waals surface area (Å²) in [7, 11) is 0. The molecule has 0 aliphatic carbocycles. The summed E-state index contributed by atoms with van der Waals surface area (Å²) < 4.78 is 0. The molecule has 2 aromatic rings. The Morgan fingerprint density at radius 1 is 1.20 bits per heavy atom.